The molecule has 17 nitrogen and oxygen atoms in total. The number of carbonyl (C=O) groups is 10. The van der Waals surface area contributed by atoms with E-state index in [0.717, 1.165) is 28.4 Å². The monoisotopic (exact) mass is 878 g/mol. The molecule has 0 bridgehead atoms. The molecule has 0 amide bonds. The lowest BCUT2D eigenvalue weighted by Crippen LogP contribution is -2.38. The van der Waals surface area contributed by atoms with Crippen LogP contribution in [0.5, 0.6) is 0 Å². The summed E-state index contributed by atoms with van der Waals surface area (Å²) in [7, 11) is -1.39. The molecular formula is C44H47O17P. The normalized spacial score (nSPS) is 13.0. The second-order valence-electron chi connectivity index (χ2n) is 14.5. The van der Waals surface area contributed by atoms with E-state index in [1.807, 2.05) is 0 Å². The van der Waals surface area contributed by atoms with Gasteiger partial charge in [0, 0.05) is 40.4 Å². The van der Waals surface area contributed by atoms with Crippen LogP contribution in [0.1, 0.15) is 87.7 Å². The van der Waals surface area contributed by atoms with Crippen LogP contribution in [0.15, 0.2) is 42.5 Å². The number of carbonyl (C=O) groups excluding carboxylic acids is 8. The zero-order chi connectivity index (χ0) is 47.1. The van der Waals surface area contributed by atoms with Gasteiger partial charge in [0.25, 0.3) is 0 Å². The molecule has 0 aliphatic heterocycles. The molecule has 62 heavy (non-hydrogen) atoms. The average Bonchev–Trinajstić information content (AvgIpc) is 3.21. The van der Waals surface area contributed by atoms with Crippen LogP contribution in [0.25, 0.3) is 0 Å². The molecule has 18 heteroatoms. The molecule has 3 aromatic rings. The van der Waals surface area contributed by atoms with Crippen molar-refractivity contribution in [2.24, 2.45) is 23.7 Å². The Labute approximate surface area is 356 Å². The van der Waals surface area contributed by atoms with Crippen LogP contribution >= 0.6 is 7.14 Å². The van der Waals surface area contributed by atoms with Crippen molar-refractivity contribution in [1.29, 1.82) is 0 Å². The first-order valence-electron chi connectivity index (χ1n) is 18.8. The molecule has 0 aliphatic carbocycles. The SMILES string of the molecule is COC(=O)C(C(=O)OC)C(CC(=O)c1c(C)cc(C)c(C(=O)P(=O)(C(=O)c2c(C)cc(C)c(C(=O)CC(C(=O)O)C(C(=O)OC)C(=O)OC)c2C)c2ccccc2)c1C)C(=O)O. The van der Waals surface area contributed by atoms with Crippen molar-refractivity contribution in [2.75, 3.05) is 28.4 Å². The maximum Gasteiger partial charge on any atom is 0.320 e. The number of rotatable bonds is 19. The molecule has 0 fully saturated rings. The Bertz CT molecular complexity index is 2250. The summed E-state index contributed by atoms with van der Waals surface area (Å²) in [5.74, 6) is -18.4. The summed E-state index contributed by atoms with van der Waals surface area (Å²) in [6.07, 6.45) is -1.89. The highest BCUT2D eigenvalue weighted by Gasteiger charge is 2.48. The van der Waals surface area contributed by atoms with Gasteiger partial charge >= 0.3 is 35.8 Å². The minimum Gasteiger partial charge on any atom is -0.481 e. The lowest BCUT2D eigenvalue weighted by Gasteiger charge is -2.24. The second-order valence-corrected chi connectivity index (χ2v) is 17.1. The minimum absolute atomic E-state index is 0.0861. The molecule has 0 spiro atoms. The zero-order valence-corrected chi connectivity index (χ0v) is 36.6. The third kappa shape index (κ3) is 9.62. The molecule has 2 atom stereocenters. The fourth-order valence-electron chi connectivity index (χ4n) is 7.82. The number of hydrogen-bond acceptors (Lipinski definition) is 15. The van der Waals surface area contributed by atoms with Crippen LogP contribution in [0, 0.1) is 65.2 Å². The number of aliphatic carboxylic acids is 2. The van der Waals surface area contributed by atoms with E-state index in [0.29, 0.717) is 0 Å². The number of carboxylic acids is 2. The summed E-state index contributed by atoms with van der Waals surface area (Å²) in [4.78, 5) is 133. The number of Topliss-reactive ketones (excluding diaryl/α,β-unsaturated/α-hetero) is 2. The third-order valence-electron chi connectivity index (χ3n) is 10.7. The lowest BCUT2D eigenvalue weighted by atomic mass is 9.83. The minimum atomic E-state index is -5.06. The largest absolute Gasteiger partial charge is 0.481 e. The van der Waals surface area contributed by atoms with Crippen LogP contribution in [-0.4, -0.2) is 97.1 Å². The van der Waals surface area contributed by atoms with Gasteiger partial charge in [-0.3, -0.25) is 47.9 Å². The fraction of sp³-hybridized carbons (Fsp3) is 0.364. The second kappa shape index (κ2) is 20.3. The van der Waals surface area contributed by atoms with Crippen LogP contribution in [0.2, 0.25) is 0 Å². The lowest BCUT2D eigenvalue weighted by molar-refractivity contribution is -0.167. The van der Waals surface area contributed by atoms with Crippen molar-refractivity contribution >= 4 is 70.9 Å². The van der Waals surface area contributed by atoms with Crippen molar-refractivity contribution in [2.45, 2.75) is 54.4 Å². The first-order chi connectivity index (χ1) is 29.0. The first kappa shape index (κ1) is 49.8. The molecule has 0 saturated carbocycles. The Hall–Kier alpha value is -6.61. The van der Waals surface area contributed by atoms with Crippen molar-refractivity contribution in [1.82, 2.24) is 0 Å². The van der Waals surface area contributed by atoms with E-state index in [1.54, 1.807) is 6.07 Å². The number of aryl methyl sites for hydroxylation is 4. The Morgan fingerprint density at radius 1 is 0.500 bits per heavy atom. The quantitative estimate of drug-likeness (QED) is 0.0544. The van der Waals surface area contributed by atoms with E-state index in [2.05, 4.69) is 18.9 Å². The molecule has 3 aromatic carbocycles. The smallest absolute Gasteiger partial charge is 0.320 e. The Morgan fingerprint density at radius 3 is 1.06 bits per heavy atom. The predicted octanol–water partition coefficient (Wildman–Crippen LogP) is 4.68. The molecule has 0 radical (unpaired) electrons. The van der Waals surface area contributed by atoms with E-state index in [1.165, 1.54) is 77.9 Å². The van der Waals surface area contributed by atoms with E-state index in [-0.39, 0.29) is 60.9 Å². The molecule has 0 aromatic heterocycles. The fourth-order valence-corrected chi connectivity index (χ4v) is 10.4. The highest BCUT2D eigenvalue weighted by Crippen LogP contribution is 2.53. The van der Waals surface area contributed by atoms with Gasteiger partial charge in [-0.2, -0.15) is 0 Å². The van der Waals surface area contributed by atoms with Gasteiger partial charge in [0.15, 0.2) is 23.4 Å². The van der Waals surface area contributed by atoms with Gasteiger partial charge in [-0.1, -0.05) is 42.5 Å². The molecule has 330 valence electrons. The standard InChI is InChI=1S/C44H47O17P/c1-20-16-22(3)33(24(5)31(20)29(45)18-27(37(47)48)35(39(51)58-7)40(52)59-8)43(55)62(57,26-14-12-11-13-15-26)44(56)34-23(4)17-21(2)32(25(34)6)30(46)19-28(38(49)50)36(41(53)60-9)42(54)61-10/h11-17,27-28,35-36H,18-19H2,1-10H3,(H,47,48)(H,49,50). The summed E-state index contributed by atoms with van der Waals surface area (Å²) >= 11 is 0. The molecule has 0 saturated heterocycles. The molecule has 3 rings (SSSR count). The van der Waals surface area contributed by atoms with Gasteiger partial charge in [0.1, 0.15) is 0 Å². The van der Waals surface area contributed by atoms with E-state index >= 15 is 14.2 Å². The summed E-state index contributed by atoms with van der Waals surface area (Å²) in [6, 6.07) is 9.80. The predicted molar refractivity (Wildman–Crippen MR) is 219 cm³/mol. The van der Waals surface area contributed by atoms with E-state index in [4.69, 9.17) is 0 Å². The molecule has 0 aliphatic rings. The van der Waals surface area contributed by atoms with E-state index in [9.17, 15) is 48.6 Å². The average molecular weight is 879 g/mol. The summed E-state index contributed by atoms with van der Waals surface area (Å²) in [6.45, 7) is 8.59. The van der Waals surface area contributed by atoms with Crippen LogP contribution in [0.3, 0.4) is 0 Å². The van der Waals surface area contributed by atoms with Crippen LogP contribution in [0.4, 0.5) is 0 Å². The molecule has 2 unspecified atom stereocenters. The van der Waals surface area contributed by atoms with Crippen molar-refractivity contribution in [3.05, 3.63) is 98.1 Å². The summed E-state index contributed by atoms with van der Waals surface area (Å²) < 4.78 is 34.1. The number of ether oxygens (including phenoxy) is 4. The molecular weight excluding hydrogens is 831 g/mol. The summed E-state index contributed by atoms with van der Waals surface area (Å²) in [5.41, 5.74) is -2.79. The molecule has 0 heterocycles. The molecule has 2 N–H and O–H groups in total. The van der Waals surface area contributed by atoms with Crippen LogP contribution < -0.4 is 5.30 Å². The van der Waals surface area contributed by atoms with Gasteiger partial charge < -0.3 is 33.7 Å². The highest BCUT2D eigenvalue weighted by atomic mass is 31.2. The number of benzene rings is 3. The van der Waals surface area contributed by atoms with Gasteiger partial charge in [0.2, 0.25) is 18.2 Å². The maximum absolute atomic E-state index is 15.7. The van der Waals surface area contributed by atoms with E-state index < -0.39 is 102 Å². The number of methoxy groups -OCH3 is 4. The van der Waals surface area contributed by atoms with Crippen molar-refractivity contribution in [3.8, 4) is 0 Å². The number of ketones is 2. The topological polar surface area (TPSA) is 265 Å². The van der Waals surface area contributed by atoms with Crippen LogP contribution in [-0.2, 0) is 52.3 Å². The Balaban J connectivity index is 2.31. The highest BCUT2D eigenvalue weighted by molar-refractivity contribution is 8.01. The van der Waals surface area contributed by atoms with Gasteiger partial charge in [-0.15, -0.1) is 0 Å². The van der Waals surface area contributed by atoms with Crippen molar-refractivity contribution in [3.63, 3.8) is 0 Å². The van der Waals surface area contributed by atoms with Crippen molar-refractivity contribution < 1.29 is 81.7 Å². The zero-order valence-electron chi connectivity index (χ0n) is 35.7. The first-order valence-corrected chi connectivity index (χ1v) is 20.5. The number of carboxylic acid groups (broad SMARTS) is 2. The van der Waals surface area contributed by atoms with Gasteiger partial charge in [-0.05, 0) is 74.9 Å². The van der Waals surface area contributed by atoms with Gasteiger partial charge in [-0.25, -0.2) is 0 Å². The number of esters is 4. The maximum atomic E-state index is 15.7. The summed E-state index contributed by atoms with van der Waals surface area (Å²) in [5, 5.41) is 19.9. The van der Waals surface area contributed by atoms with Gasteiger partial charge in [0.05, 0.1) is 40.3 Å². The third-order valence-corrected chi connectivity index (χ3v) is 13.3. The Kier molecular flexibility index (Phi) is 16.3. The Morgan fingerprint density at radius 2 is 0.790 bits per heavy atom. The number of hydrogen-bond donors (Lipinski definition) is 2.